The van der Waals surface area contributed by atoms with E-state index in [-0.39, 0.29) is 6.32 Å². The van der Waals surface area contributed by atoms with E-state index < -0.39 is 11.8 Å². The van der Waals surface area contributed by atoms with Crippen molar-refractivity contribution in [2.24, 2.45) is 0 Å². The van der Waals surface area contributed by atoms with Crippen LogP contribution in [0.25, 0.3) is 0 Å². The maximum Gasteiger partial charge on any atom is 0.298 e. The van der Waals surface area contributed by atoms with Crippen molar-refractivity contribution in [3.05, 3.63) is 0 Å². The molecule has 0 aromatic heterocycles. The van der Waals surface area contributed by atoms with Gasteiger partial charge < -0.3 is 9.47 Å². The molecule has 0 aliphatic carbocycles. The quantitative estimate of drug-likeness (QED) is 0.413. The molecule has 0 aliphatic rings. The monoisotopic (exact) mass is 143 g/mol. The molecule has 0 unspecified atom stereocenters. The van der Waals surface area contributed by atoms with Crippen molar-refractivity contribution < 1.29 is 19.1 Å². The third kappa shape index (κ3) is 3.94. The molecule has 0 atom stereocenters. The van der Waals surface area contributed by atoms with Gasteiger partial charge in [0.25, 0.3) is 13.2 Å². The topological polar surface area (TPSA) is 52.6 Å². The molecule has 10 heavy (non-hydrogen) atoms. The van der Waals surface area contributed by atoms with E-state index >= 15 is 0 Å². The minimum absolute atomic E-state index is 0.0385. The Morgan fingerprint density at radius 2 is 1.90 bits per heavy atom. The maximum absolute atomic E-state index is 10.4. The second-order valence-corrected chi connectivity index (χ2v) is 1.51. The van der Waals surface area contributed by atoms with Gasteiger partial charge in [-0.15, -0.1) is 0 Å². The van der Waals surface area contributed by atoms with Crippen LogP contribution in [0.15, 0.2) is 0 Å². The SMILES string of the molecule is COC(=O)[B]CC(=O)OC. The van der Waals surface area contributed by atoms with E-state index in [9.17, 15) is 9.59 Å². The summed E-state index contributed by atoms with van der Waals surface area (Å²) in [6.07, 6.45) is -0.0385. The fourth-order valence-corrected chi connectivity index (χ4v) is 0.333. The van der Waals surface area contributed by atoms with Crippen molar-refractivity contribution >= 4 is 19.1 Å². The predicted molar refractivity (Wildman–Crippen MR) is 35.0 cm³/mol. The second-order valence-electron chi connectivity index (χ2n) is 1.51. The Morgan fingerprint density at radius 3 is 2.30 bits per heavy atom. The Kier molecular flexibility index (Phi) is 4.36. The van der Waals surface area contributed by atoms with Crippen LogP contribution < -0.4 is 0 Å². The minimum atomic E-state index is -0.523. The first-order valence-corrected chi connectivity index (χ1v) is 2.68. The van der Waals surface area contributed by atoms with Crippen LogP contribution in [-0.4, -0.2) is 33.3 Å². The summed E-state index contributed by atoms with van der Waals surface area (Å²) in [7, 11) is 3.62. The minimum Gasteiger partial charge on any atom is -0.477 e. The highest BCUT2D eigenvalue weighted by Crippen LogP contribution is 1.85. The lowest BCUT2D eigenvalue weighted by Gasteiger charge is -1.95. The molecule has 0 aliphatic heterocycles. The van der Waals surface area contributed by atoms with Crippen molar-refractivity contribution in [2.75, 3.05) is 14.2 Å². The number of methoxy groups -OCH3 is 2. The zero-order valence-corrected chi connectivity index (χ0v) is 5.92. The van der Waals surface area contributed by atoms with Gasteiger partial charge in [0.1, 0.15) is 0 Å². The summed E-state index contributed by atoms with van der Waals surface area (Å²) in [5.74, 6) is -0.976. The number of carbonyl (C=O) groups is 2. The van der Waals surface area contributed by atoms with Crippen LogP contribution in [0.2, 0.25) is 6.32 Å². The molecule has 0 saturated heterocycles. The van der Waals surface area contributed by atoms with Crippen molar-refractivity contribution in [2.45, 2.75) is 6.32 Å². The summed E-state index contributed by atoms with van der Waals surface area (Å²) in [5.41, 5.74) is 0. The maximum atomic E-state index is 10.4. The molecule has 0 N–H and O–H groups in total. The summed E-state index contributed by atoms with van der Waals surface area (Å²) < 4.78 is 8.51. The van der Waals surface area contributed by atoms with Crippen molar-refractivity contribution in [3.63, 3.8) is 0 Å². The lowest BCUT2D eigenvalue weighted by molar-refractivity contribution is -0.137. The van der Waals surface area contributed by atoms with E-state index in [0.29, 0.717) is 0 Å². The Morgan fingerprint density at radius 1 is 1.30 bits per heavy atom. The molecular weight excluding hydrogens is 135 g/mol. The number of rotatable bonds is 3. The van der Waals surface area contributed by atoms with E-state index in [2.05, 4.69) is 9.47 Å². The number of carbonyl (C=O) groups excluding carboxylic acids is 2. The Hall–Kier alpha value is -0.995. The molecule has 0 heterocycles. The lowest BCUT2D eigenvalue weighted by Crippen LogP contribution is -2.13. The normalized spacial score (nSPS) is 8.20. The summed E-state index contributed by atoms with van der Waals surface area (Å²) in [4.78, 5) is 20.7. The molecule has 0 aromatic carbocycles. The van der Waals surface area contributed by atoms with E-state index in [1.807, 2.05) is 0 Å². The summed E-state index contributed by atoms with van der Waals surface area (Å²) in [6.45, 7) is 0. The van der Waals surface area contributed by atoms with Crippen LogP contribution in [0.5, 0.6) is 0 Å². The summed E-state index contributed by atoms with van der Waals surface area (Å²) >= 11 is 0. The van der Waals surface area contributed by atoms with Crippen LogP contribution in [-0.2, 0) is 14.3 Å². The molecule has 5 heteroatoms. The molecule has 1 radical (unpaired) electrons. The number of esters is 1. The van der Waals surface area contributed by atoms with Gasteiger partial charge in [0.05, 0.1) is 14.2 Å². The highest BCUT2D eigenvalue weighted by molar-refractivity contribution is 6.74. The van der Waals surface area contributed by atoms with E-state index in [1.165, 1.54) is 14.2 Å². The molecule has 4 nitrogen and oxygen atoms in total. The first-order chi connectivity index (χ1) is 4.70. The van der Waals surface area contributed by atoms with E-state index in [0.717, 1.165) is 7.28 Å². The van der Waals surface area contributed by atoms with Gasteiger partial charge >= 0.3 is 0 Å². The number of hydrogen-bond acceptors (Lipinski definition) is 4. The molecule has 0 rings (SSSR count). The molecule has 55 valence electrons. The Bertz CT molecular complexity index is 118. The van der Waals surface area contributed by atoms with Gasteiger partial charge in [-0.05, 0) is 0 Å². The molecular formula is C5H8BO4. The summed E-state index contributed by atoms with van der Waals surface area (Å²) in [5, 5.41) is 0. The third-order valence-corrected chi connectivity index (χ3v) is 0.864. The molecule has 0 saturated carbocycles. The van der Waals surface area contributed by atoms with Crippen LogP contribution >= 0.6 is 0 Å². The Balaban J connectivity index is 3.35. The molecule has 0 bridgehead atoms. The van der Waals surface area contributed by atoms with Gasteiger partial charge in [0.15, 0.2) is 0 Å². The van der Waals surface area contributed by atoms with Crippen molar-refractivity contribution in [1.29, 1.82) is 0 Å². The first kappa shape index (κ1) is 9.00. The van der Waals surface area contributed by atoms with Gasteiger partial charge in [-0.3, -0.25) is 9.59 Å². The third-order valence-electron chi connectivity index (χ3n) is 0.864. The molecule has 0 fully saturated rings. The van der Waals surface area contributed by atoms with E-state index in [1.54, 1.807) is 0 Å². The fraction of sp³-hybridized carbons (Fsp3) is 0.600. The zero-order chi connectivity index (χ0) is 7.98. The fourth-order valence-electron chi connectivity index (χ4n) is 0.333. The standard InChI is InChI=1S/C5H8BO4/c1-9-4(7)3-6-5(8)10-2/h3H2,1-2H3. The number of ether oxygens (including phenoxy) is 2. The first-order valence-electron chi connectivity index (χ1n) is 2.68. The van der Waals surface area contributed by atoms with Crippen LogP contribution in [0, 0.1) is 0 Å². The van der Waals surface area contributed by atoms with Crippen molar-refractivity contribution in [1.82, 2.24) is 0 Å². The van der Waals surface area contributed by atoms with Gasteiger partial charge in [-0.1, -0.05) is 0 Å². The molecule has 0 aromatic rings. The predicted octanol–water partition coefficient (Wildman–Crippen LogP) is 0.0483. The van der Waals surface area contributed by atoms with E-state index in [4.69, 9.17) is 0 Å². The van der Waals surface area contributed by atoms with Gasteiger partial charge in [0, 0.05) is 6.32 Å². The largest absolute Gasteiger partial charge is 0.477 e. The summed E-state index contributed by atoms with van der Waals surface area (Å²) in [6, 6.07) is 0. The highest BCUT2D eigenvalue weighted by atomic mass is 16.5. The number of hydrogen-bond donors (Lipinski definition) is 0. The second kappa shape index (κ2) is 4.84. The Labute approximate surface area is 59.7 Å². The van der Waals surface area contributed by atoms with Crippen LogP contribution in [0.3, 0.4) is 0 Å². The highest BCUT2D eigenvalue weighted by Gasteiger charge is 2.07. The van der Waals surface area contributed by atoms with Crippen LogP contribution in [0.1, 0.15) is 0 Å². The van der Waals surface area contributed by atoms with Gasteiger partial charge in [0.2, 0.25) is 5.87 Å². The van der Waals surface area contributed by atoms with Gasteiger partial charge in [-0.25, -0.2) is 0 Å². The zero-order valence-electron chi connectivity index (χ0n) is 5.92. The molecule has 0 spiro atoms. The van der Waals surface area contributed by atoms with Crippen molar-refractivity contribution in [3.8, 4) is 0 Å². The van der Waals surface area contributed by atoms with Crippen LogP contribution in [0.4, 0.5) is 4.79 Å². The average molecular weight is 143 g/mol. The average Bonchev–Trinajstić information content (AvgIpc) is 1.99. The molecule has 0 amide bonds. The smallest absolute Gasteiger partial charge is 0.298 e. The lowest BCUT2D eigenvalue weighted by atomic mass is 9.75. The van der Waals surface area contributed by atoms with Gasteiger partial charge in [-0.2, -0.15) is 0 Å².